The van der Waals surface area contributed by atoms with Gasteiger partial charge in [0.25, 0.3) is 0 Å². The Morgan fingerprint density at radius 2 is 1.95 bits per heavy atom. The molecule has 4 heterocycles. The zero-order valence-corrected chi connectivity index (χ0v) is 24.2. The van der Waals surface area contributed by atoms with E-state index in [1.807, 2.05) is 26.8 Å². The number of hydrogen-bond donors (Lipinski definition) is 1. The first kappa shape index (κ1) is 28.2. The van der Waals surface area contributed by atoms with Crippen LogP contribution in [0.25, 0.3) is 22.0 Å². The molecule has 0 spiro atoms. The van der Waals surface area contributed by atoms with Crippen LogP contribution in [0.4, 0.5) is 10.2 Å². The molecule has 2 aromatic carbocycles. The van der Waals surface area contributed by atoms with Crippen LogP contribution in [-0.2, 0) is 9.53 Å². The van der Waals surface area contributed by atoms with Crippen LogP contribution < -0.4 is 15.3 Å². The lowest BCUT2D eigenvalue weighted by atomic mass is 9.94. The molecule has 1 N–H and O–H groups in total. The molecule has 1 aromatic heterocycles. The summed E-state index contributed by atoms with van der Waals surface area (Å²) < 4.78 is 28.9. The van der Waals surface area contributed by atoms with Crippen LogP contribution in [0.1, 0.15) is 25.5 Å². The highest BCUT2D eigenvalue weighted by atomic mass is 19.1. The first-order valence-electron chi connectivity index (χ1n) is 14.4. The maximum Gasteiger partial charge on any atom is 0.350 e. The van der Waals surface area contributed by atoms with Crippen molar-refractivity contribution in [3.05, 3.63) is 58.8 Å². The van der Waals surface area contributed by atoms with Crippen LogP contribution in [-0.4, -0.2) is 95.0 Å². The van der Waals surface area contributed by atoms with E-state index >= 15 is 4.39 Å². The third-order valence-corrected chi connectivity index (χ3v) is 8.66. The first-order chi connectivity index (χ1) is 20.2. The number of ether oxygens (including phenoxy) is 2. The molecular weight excluding hydrogens is 541 g/mol. The van der Waals surface area contributed by atoms with E-state index < -0.39 is 11.5 Å². The molecule has 11 heteroatoms. The number of phenolic OH excluding ortho intramolecular Hbond substituents is 1. The fraction of sp³-hybridized carbons (Fsp3) is 0.452. The van der Waals surface area contributed by atoms with Gasteiger partial charge in [-0.3, -0.25) is 14.3 Å². The van der Waals surface area contributed by atoms with E-state index in [2.05, 4.69) is 21.4 Å². The molecule has 0 bridgehead atoms. The number of halogens is 1. The molecule has 0 unspecified atom stereocenters. The summed E-state index contributed by atoms with van der Waals surface area (Å²) in [5.74, 6) is -0.0719. The number of piperazine rings is 1. The second kappa shape index (κ2) is 11.0. The molecule has 222 valence electrons. The van der Waals surface area contributed by atoms with Crippen LogP contribution >= 0.6 is 0 Å². The van der Waals surface area contributed by atoms with Gasteiger partial charge in [0.15, 0.2) is 5.75 Å². The number of carbonyl (C=O) groups excluding carboxylic acids is 1. The number of hydrogen-bond acceptors (Lipinski definition) is 8. The van der Waals surface area contributed by atoms with Gasteiger partial charge in [-0.05, 0) is 50.6 Å². The highest BCUT2D eigenvalue weighted by Gasteiger charge is 2.36. The van der Waals surface area contributed by atoms with Crippen LogP contribution in [0.15, 0.2) is 41.7 Å². The molecule has 3 aliphatic heterocycles. The predicted octanol–water partition coefficient (Wildman–Crippen LogP) is 3.09. The number of aromatic nitrogens is 2. The van der Waals surface area contributed by atoms with Gasteiger partial charge in [-0.25, -0.2) is 9.18 Å². The molecule has 1 amide bonds. The van der Waals surface area contributed by atoms with Gasteiger partial charge < -0.3 is 24.4 Å². The lowest BCUT2D eigenvalue weighted by Crippen LogP contribution is -2.58. The highest BCUT2D eigenvalue weighted by molar-refractivity contribution is 6.01. The van der Waals surface area contributed by atoms with Crippen molar-refractivity contribution >= 4 is 22.6 Å². The number of amides is 1. The number of phenols is 1. The van der Waals surface area contributed by atoms with Gasteiger partial charge in [0.2, 0.25) is 5.91 Å². The number of benzene rings is 2. The third-order valence-electron chi connectivity index (χ3n) is 8.66. The Labute approximate surface area is 243 Å². The standard InChI is InChI=1S/C31H36FN5O5/c1-5-25(39)35-14-20(4)36(15-19(35)3)30-22-13-18(2)26(27-23(32)7-6-8-24(27)38)29-28(22)37(31(40)33-30)21(17-42-29)16-34-9-11-41-12-10-34/h5-8,13,19-21,38H,1,9-12,14-17H2,2-4H3/t19-,20+,21-/m1/s1. The maximum atomic E-state index is 15.2. The van der Waals surface area contributed by atoms with Gasteiger partial charge in [0.1, 0.15) is 24.0 Å². The number of nitrogens with zero attached hydrogens (tertiary/aromatic N) is 5. The quantitative estimate of drug-likeness (QED) is 0.462. The molecule has 42 heavy (non-hydrogen) atoms. The van der Waals surface area contributed by atoms with Crippen molar-refractivity contribution in [1.82, 2.24) is 19.4 Å². The molecular formula is C31H36FN5O5. The van der Waals surface area contributed by atoms with E-state index in [-0.39, 0.29) is 42.0 Å². The van der Waals surface area contributed by atoms with Gasteiger partial charge in [0, 0.05) is 55.8 Å². The van der Waals surface area contributed by atoms with Gasteiger partial charge in [-0.15, -0.1) is 0 Å². The van der Waals surface area contributed by atoms with Crippen LogP contribution in [0.5, 0.6) is 11.5 Å². The van der Waals surface area contributed by atoms with Crippen LogP contribution in [0.2, 0.25) is 0 Å². The molecule has 0 saturated carbocycles. The van der Waals surface area contributed by atoms with E-state index in [1.54, 1.807) is 9.47 Å². The largest absolute Gasteiger partial charge is 0.507 e. The molecule has 0 aliphatic carbocycles. The van der Waals surface area contributed by atoms with Gasteiger partial charge in [-0.2, -0.15) is 4.98 Å². The minimum atomic E-state index is -0.582. The first-order valence-corrected chi connectivity index (χ1v) is 14.4. The zero-order valence-electron chi connectivity index (χ0n) is 24.2. The van der Waals surface area contributed by atoms with E-state index in [0.717, 1.165) is 13.1 Å². The predicted molar refractivity (Wildman–Crippen MR) is 158 cm³/mol. The summed E-state index contributed by atoms with van der Waals surface area (Å²) in [5, 5.41) is 11.4. The molecule has 3 atom stereocenters. The number of aryl methyl sites for hydroxylation is 1. The molecule has 3 aliphatic rings. The van der Waals surface area contributed by atoms with Gasteiger partial charge in [-0.1, -0.05) is 12.6 Å². The van der Waals surface area contributed by atoms with Gasteiger partial charge >= 0.3 is 5.69 Å². The summed E-state index contributed by atoms with van der Waals surface area (Å²) in [4.78, 5) is 37.2. The minimum absolute atomic E-state index is 0.0365. The number of morpholine rings is 1. The monoisotopic (exact) mass is 577 g/mol. The smallest absolute Gasteiger partial charge is 0.350 e. The van der Waals surface area contributed by atoms with Crippen LogP contribution in [0, 0.1) is 12.7 Å². The maximum absolute atomic E-state index is 15.2. The summed E-state index contributed by atoms with van der Waals surface area (Å²) in [6.07, 6.45) is 1.32. The molecule has 2 saturated heterocycles. The fourth-order valence-electron chi connectivity index (χ4n) is 6.57. The average Bonchev–Trinajstić information content (AvgIpc) is 2.97. The summed E-state index contributed by atoms with van der Waals surface area (Å²) in [7, 11) is 0. The van der Waals surface area contributed by atoms with Crippen molar-refractivity contribution in [1.29, 1.82) is 0 Å². The Hall–Kier alpha value is -3.96. The molecule has 2 fully saturated rings. The Morgan fingerprint density at radius 1 is 1.19 bits per heavy atom. The Bertz CT molecular complexity index is 1600. The van der Waals surface area contributed by atoms with Crippen molar-refractivity contribution in [3.63, 3.8) is 0 Å². The van der Waals surface area contributed by atoms with E-state index in [9.17, 15) is 14.7 Å². The van der Waals surface area contributed by atoms with E-state index in [4.69, 9.17) is 9.47 Å². The van der Waals surface area contributed by atoms with Crippen molar-refractivity contribution in [2.45, 2.75) is 38.9 Å². The lowest BCUT2D eigenvalue weighted by Gasteiger charge is -2.45. The second-order valence-electron chi connectivity index (χ2n) is 11.4. The zero-order chi connectivity index (χ0) is 29.7. The summed E-state index contributed by atoms with van der Waals surface area (Å²) in [6.45, 7) is 13.9. The van der Waals surface area contributed by atoms with Gasteiger partial charge in [0.05, 0.1) is 30.3 Å². The lowest BCUT2D eigenvalue weighted by molar-refractivity contribution is -0.128. The van der Waals surface area contributed by atoms with Crippen LogP contribution in [0.3, 0.4) is 0 Å². The second-order valence-corrected chi connectivity index (χ2v) is 11.4. The molecule has 10 nitrogen and oxygen atoms in total. The number of anilines is 1. The van der Waals surface area contributed by atoms with E-state index in [1.165, 1.54) is 24.3 Å². The number of rotatable bonds is 5. The van der Waals surface area contributed by atoms with Crippen molar-refractivity contribution in [2.24, 2.45) is 0 Å². The molecule has 3 aromatic rings. The molecule has 0 radical (unpaired) electrons. The van der Waals surface area contributed by atoms with Crippen molar-refractivity contribution in [3.8, 4) is 22.6 Å². The number of aromatic hydroxyl groups is 1. The Morgan fingerprint density at radius 3 is 2.67 bits per heavy atom. The van der Waals surface area contributed by atoms with Crippen molar-refractivity contribution in [2.75, 3.05) is 57.4 Å². The normalized spacial score (nSPS) is 22.7. The SMILES string of the molecule is C=CC(=O)N1C[C@H](C)N(c2nc(=O)n3c4c(c(-c5c(O)cccc5F)c(C)cc24)OC[C@H]3CN2CCOCC2)C[C@H]1C. The molecule has 6 rings (SSSR count). The van der Waals surface area contributed by atoms with Crippen molar-refractivity contribution < 1.29 is 23.8 Å². The average molecular weight is 578 g/mol. The topological polar surface area (TPSA) is 100 Å². The number of carbonyl (C=O) groups is 1. The Balaban J connectivity index is 1.56. The minimum Gasteiger partial charge on any atom is -0.507 e. The van der Waals surface area contributed by atoms with E-state index in [0.29, 0.717) is 66.4 Å². The third kappa shape index (κ3) is 4.70. The summed E-state index contributed by atoms with van der Waals surface area (Å²) in [6, 6.07) is 5.49. The highest BCUT2D eigenvalue weighted by Crippen LogP contribution is 2.47. The summed E-state index contributed by atoms with van der Waals surface area (Å²) >= 11 is 0. The fourth-order valence-corrected chi connectivity index (χ4v) is 6.57. The summed E-state index contributed by atoms with van der Waals surface area (Å²) in [5.41, 5.74) is 1.24. The Kier molecular flexibility index (Phi) is 7.40.